The van der Waals surface area contributed by atoms with Crippen LogP contribution in [0.15, 0.2) is 21.9 Å². The Balaban J connectivity index is 2.52. The van der Waals surface area contributed by atoms with Crippen LogP contribution >= 0.6 is 0 Å². The predicted molar refractivity (Wildman–Crippen MR) is 104 cm³/mol. The minimum atomic E-state index is -0.532. The minimum absolute atomic E-state index is 0.0793. The highest BCUT2D eigenvalue weighted by molar-refractivity contribution is 5.97. The van der Waals surface area contributed by atoms with Gasteiger partial charge in [0.25, 0.3) is 11.5 Å². The van der Waals surface area contributed by atoms with E-state index in [1.54, 1.807) is 12.0 Å². The van der Waals surface area contributed by atoms with E-state index < -0.39 is 11.2 Å². The molecule has 2 aromatic rings. The summed E-state index contributed by atoms with van der Waals surface area (Å²) < 4.78 is 6.57. The van der Waals surface area contributed by atoms with Crippen molar-refractivity contribution in [3.05, 3.63) is 38.7 Å². The summed E-state index contributed by atoms with van der Waals surface area (Å²) in [5.41, 5.74) is -0.388. The summed E-state index contributed by atoms with van der Waals surface area (Å²) in [6.07, 6.45) is 3.81. The molecule has 0 aromatic carbocycles. The van der Waals surface area contributed by atoms with Gasteiger partial charge in [0.15, 0.2) is 0 Å². The molecule has 0 aliphatic carbocycles. The standard InChI is InChI=1S/C19H28N4O4/c1-5-8-23-16-15(17(24)21-19(23)26)11-13(12-20-16)18(25)22(9-10-27-4)14(6-2)7-3/h11-12,14H,5-10H2,1-4H3,(H,21,24,26). The predicted octanol–water partition coefficient (Wildman–Crippen LogP) is 1.77. The molecule has 2 rings (SSSR count). The van der Waals surface area contributed by atoms with Crippen LogP contribution in [0.2, 0.25) is 0 Å². The minimum Gasteiger partial charge on any atom is -0.383 e. The molecule has 0 atom stereocenters. The van der Waals surface area contributed by atoms with Crippen LogP contribution in [0.3, 0.4) is 0 Å². The molecule has 0 saturated carbocycles. The Morgan fingerprint density at radius 1 is 1.30 bits per heavy atom. The van der Waals surface area contributed by atoms with Crippen LogP contribution in [0.1, 0.15) is 50.4 Å². The zero-order valence-electron chi connectivity index (χ0n) is 16.4. The van der Waals surface area contributed by atoms with Gasteiger partial charge in [0.2, 0.25) is 0 Å². The fourth-order valence-electron chi connectivity index (χ4n) is 3.25. The number of hydrogen-bond donors (Lipinski definition) is 1. The lowest BCUT2D eigenvalue weighted by atomic mass is 10.1. The first-order chi connectivity index (χ1) is 13.0. The maximum Gasteiger partial charge on any atom is 0.329 e. The molecule has 0 unspecified atom stereocenters. The van der Waals surface area contributed by atoms with E-state index in [0.717, 1.165) is 19.3 Å². The third-order valence-electron chi connectivity index (χ3n) is 4.71. The number of amides is 1. The van der Waals surface area contributed by atoms with Gasteiger partial charge in [-0.25, -0.2) is 9.78 Å². The number of pyridine rings is 1. The molecule has 2 aromatic heterocycles. The number of aromatic nitrogens is 3. The quantitative estimate of drug-likeness (QED) is 0.719. The molecule has 8 heteroatoms. The van der Waals surface area contributed by atoms with Crippen molar-refractivity contribution in [2.24, 2.45) is 0 Å². The Bertz CT molecular complexity index is 899. The number of carbonyl (C=O) groups is 1. The van der Waals surface area contributed by atoms with Crippen molar-refractivity contribution in [1.82, 2.24) is 19.4 Å². The fraction of sp³-hybridized carbons (Fsp3) is 0.579. The second-order valence-electron chi connectivity index (χ2n) is 6.47. The summed E-state index contributed by atoms with van der Waals surface area (Å²) >= 11 is 0. The molecule has 0 spiro atoms. The average molecular weight is 376 g/mol. The summed E-state index contributed by atoms with van der Waals surface area (Å²) in [4.78, 5) is 45.7. The van der Waals surface area contributed by atoms with Crippen LogP contribution in [0.5, 0.6) is 0 Å². The van der Waals surface area contributed by atoms with E-state index in [2.05, 4.69) is 9.97 Å². The Morgan fingerprint density at radius 2 is 2.00 bits per heavy atom. The molecular weight excluding hydrogens is 348 g/mol. The molecule has 0 aliphatic rings. The van der Waals surface area contributed by atoms with Gasteiger partial charge >= 0.3 is 5.69 Å². The molecule has 1 N–H and O–H groups in total. The monoisotopic (exact) mass is 376 g/mol. The highest BCUT2D eigenvalue weighted by atomic mass is 16.5. The number of carbonyl (C=O) groups excluding carboxylic acids is 1. The SMILES string of the molecule is CCCn1c(=O)[nH]c(=O)c2cc(C(=O)N(CCOC)C(CC)CC)cnc21. The largest absolute Gasteiger partial charge is 0.383 e. The number of ether oxygens (including phenoxy) is 1. The maximum atomic E-state index is 13.1. The van der Waals surface area contributed by atoms with Crippen LogP contribution < -0.4 is 11.2 Å². The van der Waals surface area contributed by atoms with Crippen molar-refractivity contribution in [3.63, 3.8) is 0 Å². The van der Waals surface area contributed by atoms with E-state index in [9.17, 15) is 14.4 Å². The lowest BCUT2D eigenvalue weighted by Gasteiger charge is -2.30. The van der Waals surface area contributed by atoms with Gasteiger partial charge in [0.1, 0.15) is 5.65 Å². The van der Waals surface area contributed by atoms with E-state index in [0.29, 0.717) is 30.9 Å². The first kappa shape index (κ1) is 20.8. The zero-order valence-corrected chi connectivity index (χ0v) is 16.4. The fourth-order valence-corrected chi connectivity index (χ4v) is 3.25. The number of hydrogen-bond acceptors (Lipinski definition) is 5. The van der Waals surface area contributed by atoms with Gasteiger partial charge in [-0.3, -0.25) is 19.1 Å². The van der Waals surface area contributed by atoms with Crippen LogP contribution in [0.4, 0.5) is 0 Å². The van der Waals surface area contributed by atoms with Gasteiger partial charge in [0, 0.05) is 32.4 Å². The molecule has 0 saturated heterocycles. The molecule has 0 bridgehead atoms. The topological polar surface area (TPSA) is 97.3 Å². The molecule has 27 heavy (non-hydrogen) atoms. The summed E-state index contributed by atoms with van der Waals surface area (Å²) in [6, 6.07) is 1.60. The van der Waals surface area contributed by atoms with Gasteiger partial charge in [-0.15, -0.1) is 0 Å². The van der Waals surface area contributed by atoms with E-state index in [-0.39, 0.29) is 17.3 Å². The number of aryl methyl sites for hydroxylation is 1. The normalized spacial score (nSPS) is 11.3. The Morgan fingerprint density at radius 3 is 2.59 bits per heavy atom. The number of fused-ring (bicyclic) bond motifs is 1. The molecule has 148 valence electrons. The number of aromatic amines is 1. The van der Waals surface area contributed by atoms with Crippen LogP contribution in [0.25, 0.3) is 11.0 Å². The Hall–Kier alpha value is -2.48. The van der Waals surface area contributed by atoms with E-state index in [1.807, 2.05) is 20.8 Å². The average Bonchev–Trinajstić information content (AvgIpc) is 2.67. The van der Waals surface area contributed by atoms with Gasteiger partial charge in [-0.05, 0) is 25.3 Å². The van der Waals surface area contributed by atoms with Crippen molar-refractivity contribution in [1.29, 1.82) is 0 Å². The molecule has 0 fully saturated rings. The summed E-state index contributed by atoms with van der Waals surface area (Å²) in [5, 5.41) is 0.241. The van der Waals surface area contributed by atoms with Gasteiger partial charge in [-0.2, -0.15) is 0 Å². The molecule has 8 nitrogen and oxygen atoms in total. The van der Waals surface area contributed by atoms with Crippen LogP contribution in [-0.4, -0.2) is 51.6 Å². The number of methoxy groups -OCH3 is 1. The van der Waals surface area contributed by atoms with Crippen LogP contribution in [0, 0.1) is 0 Å². The van der Waals surface area contributed by atoms with Crippen LogP contribution in [-0.2, 0) is 11.3 Å². The third-order valence-corrected chi connectivity index (χ3v) is 4.71. The lowest BCUT2D eigenvalue weighted by molar-refractivity contribution is 0.0589. The van der Waals surface area contributed by atoms with Crippen molar-refractivity contribution in [2.45, 2.75) is 52.6 Å². The molecule has 2 heterocycles. The smallest absolute Gasteiger partial charge is 0.329 e. The van der Waals surface area contributed by atoms with E-state index >= 15 is 0 Å². The van der Waals surface area contributed by atoms with Gasteiger partial charge < -0.3 is 9.64 Å². The van der Waals surface area contributed by atoms with E-state index in [4.69, 9.17) is 4.74 Å². The highest BCUT2D eigenvalue weighted by Gasteiger charge is 2.23. The third kappa shape index (κ3) is 4.44. The summed E-state index contributed by atoms with van der Waals surface area (Å²) in [7, 11) is 1.60. The highest BCUT2D eigenvalue weighted by Crippen LogP contribution is 2.15. The van der Waals surface area contributed by atoms with Crippen molar-refractivity contribution < 1.29 is 9.53 Å². The first-order valence-corrected chi connectivity index (χ1v) is 9.41. The van der Waals surface area contributed by atoms with E-state index in [1.165, 1.54) is 16.8 Å². The van der Waals surface area contributed by atoms with Crippen molar-refractivity contribution in [2.75, 3.05) is 20.3 Å². The van der Waals surface area contributed by atoms with Crippen molar-refractivity contribution >= 4 is 16.9 Å². The number of rotatable bonds is 9. The molecule has 1 amide bonds. The molecule has 0 radical (unpaired) electrons. The molecule has 0 aliphatic heterocycles. The molecular formula is C19H28N4O4. The van der Waals surface area contributed by atoms with Crippen molar-refractivity contribution in [3.8, 4) is 0 Å². The Labute approximate surface area is 158 Å². The number of nitrogens with zero attached hydrogens (tertiary/aromatic N) is 3. The summed E-state index contributed by atoms with van der Waals surface area (Å²) in [6.45, 7) is 7.35. The second-order valence-corrected chi connectivity index (χ2v) is 6.47. The summed E-state index contributed by atoms with van der Waals surface area (Å²) in [5.74, 6) is -0.192. The lowest BCUT2D eigenvalue weighted by Crippen LogP contribution is -2.42. The number of nitrogens with one attached hydrogen (secondary N) is 1. The Kier molecular flexibility index (Phi) is 7.29. The first-order valence-electron chi connectivity index (χ1n) is 9.41. The maximum absolute atomic E-state index is 13.1. The second kappa shape index (κ2) is 9.45. The number of H-pyrrole nitrogens is 1. The van der Waals surface area contributed by atoms with Gasteiger partial charge in [0.05, 0.1) is 17.6 Å². The zero-order chi connectivity index (χ0) is 20.0. The van der Waals surface area contributed by atoms with Gasteiger partial charge in [-0.1, -0.05) is 20.8 Å².